The van der Waals surface area contributed by atoms with Crippen LogP contribution in [0.4, 0.5) is 0 Å². The summed E-state index contributed by atoms with van der Waals surface area (Å²) < 4.78 is 6.12. The van der Waals surface area contributed by atoms with Crippen LogP contribution >= 0.6 is 0 Å². The van der Waals surface area contributed by atoms with Gasteiger partial charge >= 0.3 is 0 Å². The summed E-state index contributed by atoms with van der Waals surface area (Å²) in [6, 6.07) is 23.9. The summed E-state index contributed by atoms with van der Waals surface area (Å²) in [4.78, 5) is 0. The summed E-state index contributed by atoms with van der Waals surface area (Å²) in [5, 5.41) is 6.28. The molecule has 1 atom stereocenters. The second kappa shape index (κ2) is 9.40. The average molecular weight is 348 g/mol. The van der Waals surface area contributed by atoms with Gasteiger partial charge in [-0.2, -0.15) is 0 Å². The molecule has 0 saturated carbocycles. The van der Waals surface area contributed by atoms with Crippen molar-refractivity contribution >= 4 is 10.8 Å². The molecule has 3 aromatic carbocycles. The van der Waals surface area contributed by atoms with E-state index in [2.05, 4.69) is 85.9 Å². The molecule has 2 heteroatoms. The van der Waals surface area contributed by atoms with Crippen LogP contribution in [0.3, 0.4) is 0 Å². The lowest BCUT2D eigenvalue weighted by Gasteiger charge is -2.20. The minimum absolute atomic E-state index is 0.346. The quantitative estimate of drug-likeness (QED) is 0.461. The van der Waals surface area contributed by atoms with Gasteiger partial charge in [0.2, 0.25) is 0 Å². The van der Waals surface area contributed by atoms with Crippen LogP contribution in [-0.2, 0) is 6.54 Å². The van der Waals surface area contributed by atoms with Crippen molar-refractivity contribution in [3.05, 3.63) is 77.9 Å². The maximum absolute atomic E-state index is 6.12. The number of rotatable bonds is 9. The lowest BCUT2D eigenvalue weighted by atomic mass is 10.0. The maximum atomic E-state index is 6.12. The van der Waals surface area contributed by atoms with Gasteiger partial charge in [0.25, 0.3) is 0 Å². The average Bonchev–Trinajstić information content (AvgIpc) is 2.70. The van der Waals surface area contributed by atoms with Crippen molar-refractivity contribution < 1.29 is 4.74 Å². The van der Waals surface area contributed by atoms with Crippen LogP contribution in [0.15, 0.2) is 66.7 Å². The Bertz CT molecular complexity index is 813. The fourth-order valence-corrected chi connectivity index (χ4v) is 3.37. The third-order valence-corrected chi connectivity index (χ3v) is 4.89. The number of hydrogen-bond donors (Lipinski definition) is 1. The largest absolute Gasteiger partial charge is 0.493 e. The second-order valence-electron chi connectivity index (χ2n) is 6.72. The first-order valence-corrected chi connectivity index (χ1v) is 9.75. The molecule has 0 bridgehead atoms. The molecule has 1 unspecified atom stereocenters. The summed E-state index contributed by atoms with van der Waals surface area (Å²) in [6.45, 7) is 6.00. The lowest BCUT2D eigenvalue weighted by Crippen LogP contribution is -2.21. The minimum atomic E-state index is 0.346. The van der Waals surface area contributed by atoms with Crippen LogP contribution in [-0.4, -0.2) is 6.61 Å². The van der Waals surface area contributed by atoms with Crippen molar-refractivity contribution in [1.29, 1.82) is 0 Å². The maximum Gasteiger partial charge on any atom is 0.124 e. The monoisotopic (exact) mass is 347 g/mol. The van der Waals surface area contributed by atoms with Crippen molar-refractivity contribution in [2.24, 2.45) is 0 Å². The molecule has 0 spiro atoms. The van der Waals surface area contributed by atoms with Crippen molar-refractivity contribution in [2.75, 3.05) is 6.61 Å². The van der Waals surface area contributed by atoms with Gasteiger partial charge < -0.3 is 10.1 Å². The molecule has 0 aromatic heterocycles. The Morgan fingerprint density at radius 3 is 2.42 bits per heavy atom. The number of benzene rings is 3. The predicted molar refractivity (Wildman–Crippen MR) is 111 cm³/mol. The molecule has 3 rings (SSSR count). The third-order valence-electron chi connectivity index (χ3n) is 4.89. The van der Waals surface area contributed by atoms with Crippen LogP contribution in [0.25, 0.3) is 10.8 Å². The second-order valence-corrected chi connectivity index (χ2v) is 6.72. The molecule has 3 aromatic rings. The fraction of sp³-hybridized carbons (Fsp3) is 0.333. The van der Waals surface area contributed by atoms with Crippen molar-refractivity contribution in [2.45, 2.75) is 45.7 Å². The molecule has 0 aliphatic carbocycles. The molecule has 0 heterocycles. The highest BCUT2D eigenvalue weighted by atomic mass is 16.5. The number of unbranched alkanes of at least 4 members (excludes halogenated alkanes) is 1. The van der Waals surface area contributed by atoms with E-state index in [0.29, 0.717) is 6.04 Å². The minimum Gasteiger partial charge on any atom is -0.493 e. The first-order valence-electron chi connectivity index (χ1n) is 9.75. The lowest BCUT2D eigenvalue weighted by molar-refractivity contribution is 0.305. The molecule has 136 valence electrons. The predicted octanol–water partition coefficient (Wildman–Crippen LogP) is 6.26. The van der Waals surface area contributed by atoms with Crippen LogP contribution in [0.2, 0.25) is 0 Å². The first kappa shape index (κ1) is 18.5. The summed E-state index contributed by atoms with van der Waals surface area (Å²) in [6.07, 6.45) is 3.29. The normalized spacial score (nSPS) is 12.2. The van der Waals surface area contributed by atoms with E-state index in [1.54, 1.807) is 0 Å². The molecule has 26 heavy (non-hydrogen) atoms. The highest BCUT2D eigenvalue weighted by Crippen LogP contribution is 2.29. The zero-order valence-corrected chi connectivity index (χ0v) is 15.9. The number of ether oxygens (including phenoxy) is 1. The van der Waals surface area contributed by atoms with Crippen LogP contribution in [0, 0.1) is 0 Å². The summed E-state index contributed by atoms with van der Waals surface area (Å²) in [5.41, 5.74) is 2.59. The van der Waals surface area contributed by atoms with Gasteiger partial charge in [0.1, 0.15) is 5.75 Å². The zero-order valence-electron chi connectivity index (χ0n) is 15.9. The molecule has 2 nitrogen and oxygen atoms in total. The molecular weight excluding hydrogens is 318 g/mol. The molecule has 0 fully saturated rings. The van der Waals surface area contributed by atoms with E-state index in [-0.39, 0.29) is 0 Å². The molecule has 0 saturated heterocycles. The van der Waals surface area contributed by atoms with Crippen molar-refractivity contribution in [1.82, 2.24) is 5.32 Å². The smallest absolute Gasteiger partial charge is 0.124 e. The van der Waals surface area contributed by atoms with Gasteiger partial charge in [-0.3, -0.25) is 0 Å². The highest BCUT2D eigenvalue weighted by molar-refractivity contribution is 5.87. The Kier molecular flexibility index (Phi) is 6.68. The van der Waals surface area contributed by atoms with Gasteiger partial charge in [0.05, 0.1) is 6.61 Å². The molecule has 0 amide bonds. The number of fused-ring (bicyclic) bond motifs is 1. The molecular formula is C24H29NO. The van der Waals surface area contributed by atoms with Crippen molar-refractivity contribution in [3.8, 4) is 5.75 Å². The van der Waals surface area contributed by atoms with E-state index in [1.807, 2.05) is 0 Å². The van der Waals surface area contributed by atoms with Gasteiger partial charge in [-0.25, -0.2) is 0 Å². The van der Waals surface area contributed by atoms with Gasteiger partial charge in [0, 0.05) is 18.2 Å². The van der Waals surface area contributed by atoms with Gasteiger partial charge in [-0.05, 0) is 35.2 Å². The number of nitrogens with one attached hydrogen (secondary N) is 1. The van der Waals surface area contributed by atoms with E-state index < -0.39 is 0 Å². The Balaban J connectivity index is 1.85. The van der Waals surface area contributed by atoms with E-state index in [1.165, 1.54) is 21.9 Å². The molecule has 0 aliphatic rings. The standard InChI is InChI=1S/C24H29NO/c1-3-5-17-26-24-16-15-19-11-9-10-14-21(19)22(24)18-25-23(4-2)20-12-7-6-8-13-20/h6-16,23,25H,3-5,17-18H2,1-2H3. The Morgan fingerprint density at radius 1 is 0.885 bits per heavy atom. The summed E-state index contributed by atoms with van der Waals surface area (Å²) in [5.74, 6) is 1.01. The van der Waals surface area contributed by atoms with E-state index in [9.17, 15) is 0 Å². The Hall–Kier alpha value is -2.32. The van der Waals surface area contributed by atoms with E-state index >= 15 is 0 Å². The van der Waals surface area contributed by atoms with Gasteiger partial charge in [-0.15, -0.1) is 0 Å². The van der Waals surface area contributed by atoms with Gasteiger partial charge in [-0.1, -0.05) is 80.9 Å². The van der Waals surface area contributed by atoms with Crippen molar-refractivity contribution in [3.63, 3.8) is 0 Å². The Labute approximate surface area is 157 Å². The fourth-order valence-electron chi connectivity index (χ4n) is 3.37. The van der Waals surface area contributed by atoms with Crippen LogP contribution < -0.4 is 10.1 Å². The number of hydrogen-bond acceptors (Lipinski definition) is 2. The first-order chi connectivity index (χ1) is 12.8. The summed E-state index contributed by atoms with van der Waals surface area (Å²) in [7, 11) is 0. The van der Waals surface area contributed by atoms with Crippen LogP contribution in [0.5, 0.6) is 5.75 Å². The molecule has 0 aliphatic heterocycles. The Morgan fingerprint density at radius 2 is 1.65 bits per heavy atom. The third kappa shape index (κ3) is 4.44. The SMILES string of the molecule is CCCCOc1ccc2ccccc2c1CNC(CC)c1ccccc1. The van der Waals surface area contributed by atoms with Crippen LogP contribution in [0.1, 0.15) is 50.3 Å². The van der Waals surface area contributed by atoms with E-state index in [0.717, 1.165) is 38.2 Å². The topological polar surface area (TPSA) is 21.3 Å². The summed E-state index contributed by atoms with van der Waals surface area (Å²) >= 11 is 0. The van der Waals surface area contributed by atoms with E-state index in [4.69, 9.17) is 4.74 Å². The zero-order chi connectivity index (χ0) is 18.2. The van der Waals surface area contributed by atoms with Gasteiger partial charge in [0.15, 0.2) is 0 Å². The molecule has 1 N–H and O–H groups in total. The molecule has 0 radical (unpaired) electrons. The highest BCUT2D eigenvalue weighted by Gasteiger charge is 2.13.